The van der Waals surface area contributed by atoms with E-state index in [0.29, 0.717) is 19.1 Å². The Kier molecular flexibility index (Phi) is 16.1. The van der Waals surface area contributed by atoms with Crippen molar-refractivity contribution in [2.75, 3.05) is 40.4 Å². The SMILES string of the molecule is CCCCCCCCCCNC(=NC)NCC(=O)NCCOC. The lowest BCUT2D eigenvalue weighted by Gasteiger charge is -2.12. The van der Waals surface area contributed by atoms with Gasteiger partial charge in [-0.05, 0) is 6.42 Å². The summed E-state index contributed by atoms with van der Waals surface area (Å²) in [6.07, 6.45) is 10.4. The third-order valence-electron chi connectivity index (χ3n) is 3.59. The van der Waals surface area contributed by atoms with Crippen molar-refractivity contribution in [2.24, 2.45) is 4.99 Å². The summed E-state index contributed by atoms with van der Waals surface area (Å²) in [6, 6.07) is 0. The summed E-state index contributed by atoms with van der Waals surface area (Å²) in [7, 11) is 3.33. The van der Waals surface area contributed by atoms with E-state index in [0.717, 1.165) is 13.0 Å². The van der Waals surface area contributed by atoms with Gasteiger partial charge in [-0.25, -0.2) is 0 Å². The van der Waals surface area contributed by atoms with Gasteiger partial charge in [-0.15, -0.1) is 0 Å². The maximum absolute atomic E-state index is 11.5. The van der Waals surface area contributed by atoms with Gasteiger partial charge in [-0.1, -0.05) is 51.9 Å². The Morgan fingerprint density at radius 2 is 1.57 bits per heavy atom. The first-order chi connectivity index (χ1) is 11.2. The predicted octanol–water partition coefficient (Wildman–Crippen LogP) is 2.05. The molecular weight excluding hydrogens is 292 g/mol. The van der Waals surface area contributed by atoms with Crippen LogP contribution in [0.15, 0.2) is 4.99 Å². The Morgan fingerprint density at radius 3 is 2.17 bits per heavy atom. The van der Waals surface area contributed by atoms with E-state index in [1.807, 2.05) is 0 Å². The second-order valence-electron chi connectivity index (χ2n) is 5.67. The number of amides is 1. The van der Waals surface area contributed by atoms with Gasteiger partial charge in [0.05, 0.1) is 13.2 Å². The summed E-state index contributed by atoms with van der Waals surface area (Å²) in [4.78, 5) is 15.7. The summed E-state index contributed by atoms with van der Waals surface area (Å²) in [6.45, 7) is 4.41. The average Bonchev–Trinajstić information content (AvgIpc) is 2.56. The van der Waals surface area contributed by atoms with Crippen molar-refractivity contribution >= 4 is 11.9 Å². The van der Waals surface area contributed by atoms with Crippen LogP contribution in [-0.2, 0) is 9.53 Å². The lowest BCUT2D eigenvalue weighted by molar-refractivity contribution is -0.120. The van der Waals surface area contributed by atoms with Gasteiger partial charge in [-0.2, -0.15) is 0 Å². The number of ether oxygens (including phenoxy) is 1. The summed E-state index contributed by atoms with van der Waals surface area (Å²) in [5.74, 6) is 0.618. The Morgan fingerprint density at radius 1 is 0.913 bits per heavy atom. The largest absolute Gasteiger partial charge is 0.383 e. The van der Waals surface area contributed by atoms with Crippen LogP contribution < -0.4 is 16.0 Å². The van der Waals surface area contributed by atoms with Crippen molar-refractivity contribution in [1.29, 1.82) is 0 Å². The van der Waals surface area contributed by atoms with Crippen LogP contribution >= 0.6 is 0 Å². The monoisotopic (exact) mass is 328 g/mol. The summed E-state index contributed by atoms with van der Waals surface area (Å²) in [5, 5.41) is 9.00. The lowest BCUT2D eigenvalue weighted by Crippen LogP contribution is -2.43. The molecule has 3 N–H and O–H groups in total. The number of carbonyl (C=O) groups is 1. The molecule has 0 aliphatic carbocycles. The van der Waals surface area contributed by atoms with Crippen LogP contribution in [0.25, 0.3) is 0 Å². The Labute approximate surface area is 141 Å². The zero-order chi connectivity index (χ0) is 17.2. The van der Waals surface area contributed by atoms with Gasteiger partial charge in [0, 0.05) is 27.2 Å². The fourth-order valence-electron chi connectivity index (χ4n) is 2.21. The van der Waals surface area contributed by atoms with Gasteiger partial charge in [0.1, 0.15) is 0 Å². The maximum atomic E-state index is 11.5. The van der Waals surface area contributed by atoms with E-state index < -0.39 is 0 Å². The van der Waals surface area contributed by atoms with Gasteiger partial charge >= 0.3 is 0 Å². The first-order valence-corrected chi connectivity index (χ1v) is 8.94. The molecule has 0 saturated carbocycles. The number of aliphatic imine (C=N–C) groups is 1. The molecule has 0 unspecified atom stereocenters. The topological polar surface area (TPSA) is 74.8 Å². The molecule has 0 aliphatic heterocycles. The minimum Gasteiger partial charge on any atom is -0.383 e. The molecule has 0 aromatic heterocycles. The number of rotatable bonds is 14. The van der Waals surface area contributed by atoms with Crippen molar-refractivity contribution in [2.45, 2.75) is 58.3 Å². The van der Waals surface area contributed by atoms with Crippen molar-refractivity contribution in [1.82, 2.24) is 16.0 Å². The maximum Gasteiger partial charge on any atom is 0.239 e. The van der Waals surface area contributed by atoms with E-state index in [1.54, 1.807) is 14.2 Å². The molecule has 0 radical (unpaired) electrons. The van der Waals surface area contributed by atoms with E-state index in [4.69, 9.17) is 4.74 Å². The molecule has 136 valence electrons. The highest BCUT2D eigenvalue weighted by atomic mass is 16.5. The van der Waals surface area contributed by atoms with Gasteiger partial charge in [0.15, 0.2) is 5.96 Å². The first-order valence-electron chi connectivity index (χ1n) is 8.94. The Hall–Kier alpha value is -1.30. The predicted molar refractivity (Wildman–Crippen MR) is 96.9 cm³/mol. The molecule has 0 fully saturated rings. The minimum atomic E-state index is -0.0583. The number of nitrogens with one attached hydrogen (secondary N) is 3. The molecule has 0 spiro atoms. The second kappa shape index (κ2) is 17.1. The zero-order valence-electron chi connectivity index (χ0n) is 15.2. The number of guanidine groups is 1. The molecule has 0 aliphatic rings. The van der Waals surface area contributed by atoms with Crippen LogP contribution in [0.4, 0.5) is 0 Å². The van der Waals surface area contributed by atoms with Crippen LogP contribution in [-0.4, -0.2) is 52.3 Å². The van der Waals surface area contributed by atoms with Crippen LogP contribution in [0.2, 0.25) is 0 Å². The van der Waals surface area contributed by atoms with Crippen molar-refractivity contribution < 1.29 is 9.53 Å². The fraction of sp³-hybridized carbons (Fsp3) is 0.882. The lowest BCUT2D eigenvalue weighted by atomic mass is 10.1. The minimum absolute atomic E-state index is 0.0583. The summed E-state index contributed by atoms with van der Waals surface area (Å²) < 4.78 is 4.88. The molecule has 0 bridgehead atoms. The van der Waals surface area contributed by atoms with Gasteiger partial charge in [0.25, 0.3) is 0 Å². The zero-order valence-corrected chi connectivity index (χ0v) is 15.2. The fourth-order valence-corrected chi connectivity index (χ4v) is 2.21. The number of nitrogens with zero attached hydrogens (tertiary/aromatic N) is 1. The molecule has 23 heavy (non-hydrogen) atoms. The average molecular weight is 329 g/mol. The molecule has 0 heterocycles. The van der Waals surface area contributed by atoms with Crippen LogP contribution in [0.3, 0.4) is 0 Å². The van der Waals surface area contributed by atoms with E-state index in [2.05, 4.69) is 27.9 Å². The molecule has 0 aromatic carbocycles. The van der Waals surface area contributed by atoms with Crippen LogP contribution in [0.1, 0.15) is 58.3 Å². The second-order valence-corrected chi connectivity index (χ2v) is 5.67. The third-order valence-corrected chi connectivity index (χ3v) is 3.59. The Bertz CT molecular complexity index is 309. The standard InChI is InChI=1S/C17H36N4O2/c1-4-5-6-7-8-9-10-11-12-20-17(18-2)21-15-16(22)19-13-14-23-3/h4-15H2,1-3H3,(H,19,22)(H2,18,20,21). The van der Waals surface area contributed by atoms with E-state index >= 15 is 0 Å². The third kappa shape index (κ3) is 15.4. The summed E-state index contributed by atoms with van der Waals surface area (Å²) in [5.41, 5.74) is 0. The van der Waals surface area contributed by atoms with Gasteiger partial charge in [-0.3, -0.25) is 9.79 Å². The summed E-state index contributed by atoms with van der Waals surface area (Å²) >= 11 is 0. The van der Waals surface area contributed by atoms with E-state index in [9.17, 15) is 4.79 Å². The molecule has 6 nitrogen and oxygen atoms in total. The highest BCUT2D eigenvalue weighted by molar-refractivity contribution is 5.86. The van der Waals surface area contributed by atoms with Crippen molar-refractivity contribution in [3.8, 4) is 0 Å². The number of unbranched alkanes of at least 4 members (excludes halogenated alkanes) is 7. The first kappa shape index (κ1) is 21.7. The number of hydrogen-bond donors (Lipinski definition) is 3. The van der Waals surface area contributed by atoms with Crippen LogP contribution in [0, 0.1) is 0 Å². The highest BCUT2D eigenvalue weighted by Gasteiger charge is 2.02. The van der Waals surface area contributed by atoms with Crippen molar-refractivity contribution in [3.63, 3.8) is 0 Å². The number of methoxy groups -OCH3 is 1. The smallest absolute Gasteiger partial charge is 0.239 e. The highest BCUT2D eigenvalue weighted by Crippen LogP contribution is 2.07. The Balaban J connectivity index is 3.50. The molecule has 6 heteroatoms. The van der Waals surface area contributed by atoms with E-state index in [1.165, 1.54) is 44.9 Å². The van der Waals surface area contributed by atoms with Crippen molar-refractivity contribution in [3.05, 3.63) is 0 Å². The quantitative estimate of drug-likeness (QED) is 0.259. The molecule has 0 saturated heterocycles. The molecular formula is C17H36N4O2. The van der Waals surface area contributed by atoms with E-state index in [-0.39, 0.29) is 12.5 Å². The molecule has 0 atom stereocenters. The van der Waals surface area contributed by atoms with Gasteiger partial charge in [0.2, 0.25) is 5.91 Å². The normalized spacial score (nSPS) is 11.3. The molecule has 0 aromatic rings. The molecule has 0 rings (SSSR count). The number of hydrogen-bond acceptors (Lipinski definition) is 3. The molecule has 1 amide bonds. The van der Waals surface area contributed by atoms with Gasteiger partial charge < -0.3 is 20.7 Å². The van der Waals surface area contributed by atoms with Crippen LogP contribution in [0.5, 0.6) is 0 Å². The number of carbonyl (C=O) groups excluding carboxylic acids is 1.